The zero-order chi connectivity index (χ0) is 13.8. The van der Waals surface area contributed by atoms with E-state index in [2.05, 4.69) is 43.1 Å². The van der Waals surface area contributed by atoms with Crippen LogP contribution < -0.4 is 10.1 Å². The van der Waals surface area contributed by atoms with Crippen LogP contribution in [0.15, 0.2) is 18.2 Å². The van der Waals surface area contributed by atoms with Crippen LogP contribution in [0, 0.1) is 6.92 Å². The van der Waals surface area contributed by atoms with Gasteiger partial charge in [0.05, 0.1) is 12.8 Å². The molecular formula is C16H26N2O. The maximum absolute atomic E-state index is 5.43. The molecule has 3 nitrogen and oxygen atoms in total. The van der Waals surface area contributed by atoms with Gasteiger partial charge in [0.2, 0.25) is 0 Å². The Hall–Kier alpha value is -1.22. The van der Waals surface area contributed by atoms with Crippen molar-refractivity contribution < 1.29 is 4.74 Å². The SMILES string of the molecule is COc1ccc(C)cc1NC1CCN(C(C)C)CC1. The van der Waals surface area contributed by atoms with Gasteiger partial charge in [0.25, 0.3) is 0 Å². The summed E-state index contributed by atoms with van der Waals surface area (Å²) in [6.45, 7) is 9.04. The molecule has 1 fully saturated rings. The van der Waals surface area contributed by atoms with Crippen LogP contribution in [-0.4, -0.2) is 37.2 Å². The molecule has 0 aromatic heterocycles. The Kier molecular flexibility index (Phi) is 4.70. The fourth-order valence-electron chi connectivity index (χ4n) is 2.71. The van der Waals surface area contributed by atoms with Gasteiger partial charge in [-0.1, -0.05) is 6.07 Å². The smallest absolute Gasteiger partial charge is 0.141 e. The number of ether oxygens (including phenoxy) is 1. The lowest BCUT2D eigenvalue weighted by molar-refractivity contribution is 0.177. The van der Waals surface area contributed by atoms with Crippen LogP contribution in [0.5, 0.6) is 5.75 Å². The average molecular weight is 262 g/mol. The molecule has 0 spiro atoms. The Labute approximate surface area is 116 Å². The highest BCUT2D eigenvalue weighted by atomic mass is 16.5. The second-order valence-electron chi connectivity index (χ2n) is 5.75. The first-order valence-electron chi connectivity index (χ1n) is 7.25. The molecule has 1 aliphatic heterocycles. The standard InChI is InChI=1S/C16H26N2O/c1-12(2)18-9-7-14(8-10-18)17-15-11-13(3)5-6-16(15)19-4/h5-6,11-12,14,17H,7-10H2,1-4H3. The van der Waals surface area contributed by atoms with E-state index < -0.39 is 0 Å². The topological polar surface area (TPSA) is 24.5 Å². The van der Waals surface area contributed by atoms with E-state index in [1.165, 1.54) is 31.5 Å². The molecule has 19 heavy (non-hydrogen) atoms. The van der Waals surface area contributed by atoms with E-state index in [0.717, 1.165) is 11.4 Å². The highest BCUT2D eigenvalue weighted by molar-refractivity contribution is 5.58. The summed E-state index contributed by atoms with van der Waals surface area (Å²) in [5.41, 5.74) is 2.40. The second kappa shape index (κ2) is 6.29. The minimum atomic E-state index is 0.561. The molecule has 1 aliphatic rings. The number of methoxy groups -OCH3 is 1. The van der Waals surface area contributed by atoms with Crippen LogP contribution in [0.4, 0.5) is 5.69 Å². The average Bonchev–Trinajstić information content (AvgIpc) is 2.39. The predicted molar refractivity (Wildman–Crippen MR) is 81.1 cm³/mol. The number of benzene rings is 1. The van der Waals surface area contributed by atoms with Gasteiger partial charge in [-0.05, 0) is 51.3 Å². The third kappa shape index (κ3) is 3.63. The van der Waals surface area contributed by atoms with E-state index >= 15 is 0 Å². The highest BCUT2D eigenvalue weighted by Gasteiger charge is 2.21. The molecule has 0 unspecified atom stereocenters. The summed E-state index contributed by atoms with van der Waals surface area (Å²) in [6, 6.07) is 7.53. The molecule has 3 heteroatoms. The van der Waals surface area contributed by atoms with E-state index in [-0.39, 0.29) is 0 Å². The van der Waals surface area contributed by atoms with Crippen LogP contribution in [0.3, 0.4) is 0 Å². The Bertz CT molecular complexity index is 409. The Morgan fingerprint density at radius 3 is 2.53 bits per heavy atom. The van der Waals surface area contributed by atoms with Gasteiger partial charge >= 0.3 is 0 Å². The van der Waals surface area contributed by atoms with Gasteiger partial charge in [-0.25, -0.2) is 0 Å². The fourth-order valence-corrected chi connectivity index (χ4v) is 2.71. The summed E-state index contributed by atoms with van der Waals surface area (Å²) >= 11 is 0. The molecule has 1 aromatic carbocycles. The molecule has 0 saturated carbocycles. The summed E-state index contributed by atoms with van der Waals surface area (Å²) in [5, 5.41) is 3.65. The van der Waals surface area contributed by atoms with Gasteiger partial charge in [-0.15, -0.1) is 0 Å². The minimum Gasteiger partial charge on any atom is -0.495 e. The third-order valence-electron chi connectivity index (χ3n) is 3.97. The quantitative estimate of drug-likeness (QED) is 0.901. The van der Waals surface area contributed by atoms with Gasteiger partial charge < -0.3 is 15.0 Å². The van der Waals surface area contributed by atoms with Crippen LogP contribution in [0.25, 0.3) is 0 Å². The molecule has 106 valence electrons. The van der Waals surface area contributed by atoms with Crippen LogP contribution in [-0.2, 0) is 0 Å². The molecule has 0 radical (unpaired) electrons. The number of nitrogens with one attached hydrogen (secondary N) is 1. The van der Waals surface area contributed by atoms with Gasteiger partial charge in [-0.2, -0.15) is 0 Å². The number of likely N-dealkylation sites (tertiary alicyclic amines) is 1. The number of piperidine rings is 1. The van der Waals surface area contributed by atoms with Crippen LogP contribution in [0.2, 0.25) is 0 Å². The molecule has 2 rings (SSSR count). The van der Waals surface area contributed by atoms with Crippen molar-refractivity contribution in [2.24, 2.45) is 0 Å². The number of aryl methyl sites for hydroxylation is 1. The van der Waals surface area contributed by atoms with Gasteiger partial charge in [0.1, 0.15) is 5.75 Å². The largest absolute Gasteiger partial charge is 0.495 e. The summed E-state index contributed by atoms with van der Waals surface area (Å²) < 4.78 is 5.43. The maximum atomic E-state index is 5.43. The minimum absolute atomic E-state index is 0.561. The first kappa shape index (κ1) is 14.2. The van der Waals surface area contributed by atoms with Crippen molar-refractivity contribution in [3.8, 4) is 5.75 Å². The first-order valence-corrected chi connectivity index (χ1v) is 7.25. The number of rotatable bonds is 4. The van der Waals surface area contributed by atoms with Crippen molar-refractivity contribution >= 4 is 5.69 Å². The number of nitrogens with zero attached hydrogens (tertiary/aromatic N) is 1. The lowest BCUT2D eigenvalue weighted by Gasteiger charge is -2.35. The number of hydrogen-bond acceptors (Lipinski definition) is 3. The van der Waals surface area contributed by atoms with Crippen molar-refractivity contribution in [3.05, 3.63) is 23.8 Å². The third-order valence-corrected chi connectivity index (χ3v) is 3.97. The number of hydrogen-bond donors (Lipinski definition) is 1. The number of anilines is 1. The zero-order valence-corrected chi connectivity index (χ0v) is 12.6. The molecule has 1 saturated heterocycles. The van der Waals surface area contributed by atoms with Crippen molar-refractivity contribution in [2.75, 3.05) is 25.5 Å². The highest BCUT2D eigenvalue weighted by Crippen LogP contribution is 2.27. The van der Waals surface area contributed by atoms with Crippen LogP contribution in [0.1, 0.15) is 32.3 Å². The molecular weight excluding hydrogens is 236 g/mol. The van der Waals surface area contributed by atoms with Crippen molar-refractivity contribution in [1.29, 1.82) is 0 Å². The first-order chi connectivity index (χ1) is 9.10. The van der Waals surface area contributed by atoms with E-state index in [4.69, 9.17) is 4.74 Å². The van der Waals surface area contributed by atoms with E-state index in [1.807, 2.05) is 6.07 Å². The molecule has 0 bridgehead atoms. The Morgan fingerprint density at radius 2 is 1.95 bits per heavy atom. The van der Waals surface area contributed by atoms with Crippen LogP contribution >= 0.6 is 0 Å². The molecule has 0 amide bonds. The molecule has 1 N–H and O–H groups in total. The van der Waals surface area contributed by atoms with E-state index in [9.17, 15) is 0 Å². The molecule has 0 atom stereocenters. The summed E-state index contributed by atoms with van der Waals surface area (Å²) in [7, 11) is 1.73. The molecule has 0 aliphatic carbocycles. The Balaban J connectivity index is 1.97. The summed E-state index contributed by atoms with van der Waals surface area (Å²) in [5.74, 6) is 0.942. The van der Waals surface area contributed by atoms with Crippen molar-refractivity contribution in [2.45, 2.75) is 45.7 Å². The predicted octanol–water partition coefficient (Wildman–Crippen LogP) is 3.29. The van der Waals surface area contributed by atoms with Gasteiger partial charge in [0, 0.05) is 25.2 Å². The lowest BCUT2D eigenvalue weighted by Crippen LogP contribution is -2.42. The fraction of sp³-hybridized carbons (Fsp3) is 0.625. The zero-order valence-electron chi connectivity index (χ0n) is 12.6. The summed E-state index contributed by atoms with van der Waals surface area (Å²) in [6.07, 6.45) is 2.41. The second-order valence-corrected chi connectivity index (χ2v) is 5.75. The Morgan fingerprint density at radius 1 is 1.26 bits per heavy atom. The lowest BCUT2D eigenvalue weighted by atomic mass is 10.0. The maximum Gasteiger partial charge on any atom is 0.141 e. The molecule has 1 heterocycles. The van der Waals surface area contributed by atoms with Crippen molar-refractivity contribution in [1.82, 2.24) is 4.90 Å². The normalized spacial score (nSPS) is 17.7. The van der Waals surface area contributed by atoms with E-state index in [1.54, 1.807) is 7.11 Å². The van der Waals surface area contributed by atoms with Crippen molar-refractivity contribution in [3.63, 3.8) is 0 Å². The monoisotopic (exact) mass is 262 g/mol. The van der Waals surface area contributed by atoms with E-state index in [0.29, 0.717) is 12.1 Å². The van der Waals surface area contributed by atoms with Gasteiger partial charge in [-0.3, -0.25) is 0 Å². The summed E-state index contributed by atoms with van der Waals surface area (Å²) in [4.78, 5) is 2.55. The molecule has 1 aromatic rings. The van der Waals surface area contributed by atoms with Gasteiger partial charge in [0.15, 0.2) is 0 Å².